The van der Waals surface area contributed by atoms with E-state index in [9.17, 15) is 8.42 Å². The standard InChI is InChI=1S/C12H10Br2N2O3S/c1-19-9-2-3-11(14)12(5-9)16-20(17,18)10-4-8(13)6-15-7-10/h2-7,16H,1H3. The molecule has 1 N–H and O–H groups in total. The molecule has 0 aliphatic heterocycles. The normalized spacial score (nSPS) is 11.2. The van der Waals surface area contributed by atoms with E-state index in [1.54, 1.807) is 18.2 Å². The van der Waals surface area contributed by atoms with Crippen molar-refractivity contribution >= 4 is 47.6 Å². The minimum absolute atomic E-state index is 0.0709. The van der Waals surface area contributed by atoms with Crippen molar-refractivity contribution in [1.82, 2.24) is 4.98 Å². The molecule has 0 saturated heterocycles. The molecule has 0 radical (unpaired) electrons. The third-order valence-electron chi connectivity index (χ3n) is 2.41. The van der Waals surface area contributed by atoms with Crippen molar-refractivity contribution < 1.29 is 13.2 Å². The van der Waals surface area contributed by atoms with Gasteiger partial charge in [0.1, 0.15) is 10.6 Å². The van der Waals surface area contributed by atoms with Crippen molar-refractivity contribution in [2.45, 2.75) is 4.90 Å². The van der Waals surface area contributed by atoms with E-state index >= 15 is 0 Å². The number of anilines is 1. The Morgan fingerprint density at radius 1 is 1.20 bits per heavy atom. The largest absolute Gasteiger partial charge is 0.497 e. The lowest BCUT2D eigenvalue weighted by molar-refractivity contribution is 0.415. The molecule has 1 aromatic carbocycles. The number of ether oxygens (including phenoxy) is 1. The number of aromatic nitrogens is 1. The summed E-state index contributed by atoms with van der Waals surface area (Å²) in [6.07, 6.45) is 2.79. The van der Waals surface area contributed by atoms with Gasteiger partial charge in [0.05, 0.1) is 12.8 Å². The number of hydrogen-bond acceptors (Lipinski definition) is 4. The monoisotopic (exact) mass is 420 g/mol. The zero-order valence-electron chi connectivity index (χ0n) is 10.3. The molecular weight excluding hydrogens is 412 g/mol. The lowest BCUT2D eigenvalue weighted by Gasteiger charge is -2.11. The Morgan fingerprint density at radius 2 is 1.95 bits per heavy atom. The maximum absolute atomic E-state index is 12.3. The maximum atomic E-state index is 12.3. The molecule has 5 nitrogen and oxygen atoms in total. The SMILES string of the molecule is COc1ccc(Br)c(NS(=O)(=O)c2cncc(Br)c2)c1. The van der Waals surface area contributed by atoms with Gasteiger partial charge in [-0.1, -0.05) is 0 Å². The van der Waals surface area contributed by atoms with E-state index in [4.69, 9.17) is 4.74 Å². The van der Waals surface area contributed by atoms with Gasteiger partial charge >= 0.3 is 0 Å². The average molecular weight is 422 g/mol. The van der Waals surface area contributed by atoms with Crippen LogP contribution in [0.5, 0.6) is 5.75 Å². The molecule has 0 bridgehead atoms. The Morgan fingerprint density at radius 3 is 2.60 bits per heavy atom. The molecule has 0 aliphatic rings. The first kappa shape index (κ1) is 15.3. The summed E-state index contributed by atoms with van der Waals surface area (Å²) in [4.78, 5) is 3.92. The van der Waals surface area contributed by atoms with Crippen LogP contribution in [0.25, 0.3) is 0 Å². The Bertz CT molecular complexity index is 735. The van der Waals surface area contributed by atoms with Crippen LogP contribution >= 0.6 is 31.9 Å². The highest BCUT2D eigenvalue weighted by atomic mass is 79.9. The van der Waals surface area contributed by atoms with Crippen molar-refractivity contribution in [2.24, 2.45) is 0 Å². The van der Waals surface area contributed by atoms with E-state index in [0.29, 0.717) is 20.4 Å². The average Bonchev–Trinajstić information content (AvgIpc) is 2.41. The minimum Gasteiger partial charge on any atom is -0.497 e. The molecule has 20 heavy (non-hydrogen) atoms. The topological polar surface area (TPSA) is 68.3 Å². The number of sulfonamides is 1. The molecule has 1 aromatic heterocycles. The number of rotatable bonds is 4. The van der Waals surface area contributed by atoms with Crippen LogP contribution in [-0.2, 0) is 10.0 Å². The lowest BCUT2D eigenvalue weighted by atomic mass is 10.3. The number of methoxy groups -OCH3 is 1. The predicted octanol–water partition coefficient (Wildman–Crippen LogP) is 3.42. The number of nitrogens with one attached hydrogen (secondary N) is 1. The van der Waals surface area contributed by atoms with Crippen LogP contribution in [0.3, 0.4) is 0 Å². The van der Waals surface area contributed by atoms with Crippen LogP contribution in [0.2, 0.25) is 0 Å². The van der Waals surface area contributed by atoms with Gasteiger partial charge in [-0.2, -0.15) is 0 Å². The predicted molar refractivity (Wildman–Crippen MR) is 83.4 cm³/mol. The number of hydrogen-bond donors (Lipinski definition) is 1. The Balaban J connectivity index is 2.38. The second-order valence-electron chi connectivity index (χ2n) is 3.79. The Hall–Kier alpha value is -1.12. The fraction of sp³-hybridized carbons (Fsp3) is 0.0833. The van der Waals surface area contributed by atoms with E-state index in [0.717, 1.165) is 0 Å². The van der Waals surface area contributed by atoms with Gasteiger partial charge < -0.3 is 4.74 Å². The summed E-state index contributed by atoms with van der Waals surface area (Å²) in [5.74, 6) is 0.554. The number of benzene rings is 1. The highest BCUT2D eigenvalue weighted by Gasteiger charge is 2.17. The molecular formula is C12H10Br2N2O3S. The van der Waals surface area contributed by atoms with Crippen LogP contribution < -0.4 is 9.46 Å². The van der Waals surface area contributed by atoms with Crippen LogP contribution in [0, 0.1) is 0 Å². The minimum atomic E-state index is -3.71. The van der Waals surface area contributed by atoms with Gasteiger partial charge in [-0.05, 0) is 50.1 Å². The number of nitrogens with zero attached hydrogens (tertiary/aromatic N) is 1. The first-order chi connectivity index (χ1) is 9.42. The molecule has 2 aromatic rings. The lowest BCUT2D eigenvalue weighted by Crippen LogP contribution is -2.13. The molecule has 0 atom stereocenters. The number of pyridine rings is 1. The molecule has 1 heterocycles. The van der Waals surface area contributed by atoms with Gasteiger partial charge in [0, 0.05) is 27.4 Å². The van der Waals surface area contributed by atoms with Crippen molar-refractivity contribution in [3.63, 3.8) is 0 Å². The Labute approximate surface area is 133 Å². The van der Waals surface area contributed by atoms with E-state index in [2.05, 4.69) is 41.6 Å². The third-order valence-corrected chi connectivity index (χ3v) is 4.87. The van der Waals surface area contributed by atoms with Gasteiger partial charge in [-0.25, -0.2) is 8.42 Å². The van der Waals surface area contributed by atoms with Crippen LogP contribution in [0.1, 0.15) is 0 Å². The van der Waals surface area contributed by atoms with Crippen LogP contribution in [0.4, 0.5) is 5.69 Å². The summed E-state index contributed by atoms with van der Waals surface area (Å²) in [5, 5.41) is 0. The van der Waals surface area contributed by atoms with Gasteiger partial charge in [0.2, 0.25) is 0 Å². The van der Waals surface area contributed by atoms with E-state index in [1.165, 1.54) is 25.6 Å². The van der Waals surface area contributed by atoms with E-state index in [-0.39, 0.29) is 4.90 Å². The first-order valence-electron chi connectivity index (χ1n) is 5.39. The van der Waals surface area contributed by atoms with Gasteiger partial charge in [-0.3, -0.25) is 9.71 Å². The zero-order chi connectivity index (χ0) is 14.8. The molecule has 0 fully saturated rings. The van der Waals surface area contributed by atoms with E-state index in [1.807, 2.05) is 0 Å². The second-order valence-corrected chi connectivity index (χ2v) is 7.24. The highest BCUT2D eigenvalue weighted by molar-refractivity contribution is 9.10. The van der Waals surface area contributed by atoms with Crippen molar-refractivity contribution in [1.29, 1.82) is 0 Å². The fourth-order valence-corrected chi connectivity index (χ4v) is 3.50. The zero-order valence-corrected chi connectivity index (χ0v) is 14.3. The quantitative estimate of drug-likeness (QED) is 0.821. The maximum Gasteiger partial charge on any atom is 0.263 e. The van der Waals surface area contributed by atoms with Crippen LogP contribution in [0.15, 0.2) is 50.5 Å². The van der Waals surface area contributed by atoms with Crippen molar-refractivity contribution in [3.8, 4) is 5.75 Å². The van der Waals surface area contributed by atoms with Gasteiger partial charge in [0.25, 0.3) is 10.0 Å². The smallest absolute Gasteiger partial charge is 0.263 e. The third kappa shape index (κ3) is 3.50. The summed E-state index contributed by atoms with van der Waals surface area (Å²) in [6.45, 7) is 0. The van der Waals surface area contributed by atoms with E-state index < -0.39 is 10.0 Å². The summed E-state index contributed by atoms with van der Waals surface area (Å²) < 4.78 is 33.3. The molecule has 2 rings (SSSR count). The summed E-state index contributed by atoms with van der Waals surface area (Å²) in [5.41, 5.74) is 0.393. The molecule has 0 saturated carbocycles. The summed E-state index contributed by atoms with van der Waals surface area (Å²) >= 11 is 6.49. The second kappa shape index (κ2) is 6.11. The molecule has 0 aliphatic carbocycles. The summed E-state index contributed by atoms with van der Waals surface area (Å²) in [6, 6.07) is 6.49. The molecule has 0 amide bonds. The highest BCUT2D eigenvalue weighted by Crippen LogP contribution is 2.29. The van der Waals surface area contributed by atoms with Crippen LogP contribution in [-0.4, -0.2) is 20.5 Å². The number of halogens is 2. The summed E-state index contributed by atoms with van der Waals surface area (Å²) in [7, 11) is -2.20. The van der Waals surface area contributed by atoms with Crippen molar-refractivity contribution in [3.05, 3.63) is 45.6 Å². The molecule has 8 heteroatoms. The molecule has 0 unspecified atom stereocenters. The van der Waals surface area contributed by atoms with Gasteiger partial charge in [0.15, 0.2) is 0 Å². The molecule has 0 spiro atoms. The van der Waals surface area contributed by atoms with Crippen molar-refractivity contribution in [2.75, 3.05) is 11.8 Å². The first-order valence-corrected chi connectivity index (χ1v) is 8.46. The molecule has 106 valence electrons. The van der Waals surface area contributed by atoms with Gasteiger partial charge in [-0.15, -0.1) is 0 Å². The fourth-order valence-electron chi connectivity index (χ4n) is 1.45. The Kier molecular flexibility index (Phi) is 4.66.